The molecule has 0 radical (unpaired) electrons. The van der Waals surface area contributed by atoms with Crippen LogP contribution in [-0.2, 0) is 9.59 Å². The van der Waals surface area contributed by atoms with Gasteiger partial charge in [0.1, 0.15) is 5.57 Å². The van der Waals surface area contributed by atoms with Gasteiger partial charge in [-0.2, -0.15) is 0 Å². The van der Waals surface area contributed by atoms with Crippen LogP contribution in [-0.4, -0.2) is 33.5 Å². The minimum Gasteiger partial charge on any atom is -0.478 e. The number of amides is 4. The highest BCUT2D eigenvalue weighted by Gasteiger charge is 2.37. The zero-order valence-electron chi connectivity index (χ0n) is 17.3. The molecular weight excluding hydrogens is 410 g/mol. The predicted molar refractivity (Wildman–Crippen MR) is 118 cm³/mol. The van der Waals surface area contributed by atoms with Gasteiger partial charge in [0.05, 0.1) is 11.3 Å². The number of imide groups is 2. The number of rotatable bonds is 4. The summed E-state index contributed by atoms with van der Waals surface area (Å²) in [5.41, 5.74) is 3.19. The fourth-order valence-corrected chi connectivity index (χ4v) is 3.51. The highest BCUT2D eigenvalue weighted by atomic mass is 16.4. The first-order chi connectivity index (χ1) is 15.3. The Labute approximate surface area is 183 Å². The van der Waals surface area contributed by atoms with Gasteiger partial charge in [-0.1, -0.05) is 12.1 Å². The maximum absolute atomic E-state index is 13.2. The smallest absolute Gasteiger partial charge is 0.335 e. The zero-order valence-corrected chi connectivity index (χ0v) is 17.3. The molecule has 2 aromatic carbocycles. The highest BCUT2D eigenvalue weighted by Crippen LogP contribution is 2.27. The molecule has 3 aromatic rings. The largest absolute Gasteiger partial charge is 0.478 e. The molecule has 0 spiro atoms. The molecule has 4 amide bonds. The number of nitrogens with zero attached hydrogens (tertiary/aromatic N) is 2. The lowest BCUT2D eigenvalue weighted by atomic mass is 10.0. The number of carbonyl (C=O) groups is 4. The monoisotopic (exact) mass is 429 g/mol. The Hall–Kier alpha value is -4.46. The van der Waals surface area contributed by atoms with Gasteiger partial charge in [-0.05, 0) is 73.5 Å². The fourth-order valence-electron chi connectivity index (χ4n) is 3.51. The summed E-state index contributed by atoms with van der Waals surface area (Å²) in [6.07, 6.45) is 3.13. The van der Waals surface area contributed by atoms with Crippen LogP contribution in [0.4, 0.5) is 10.5 Å². The molecule has 1 fully saturated rings. The second-order valence-electron chi connectivity index (χ2n) is 7.33. The number of nitrogens with one attached hydrogen (secondary N) is 1. The van der Waals surface area contributed by atoms with E-state index in [-0.39, 0.29) is 11.1 Å². The molecule has 0 atom stereocenters. The molecule has 2 N–H and O–H groups in total. The van der Waals surface area contributed by atoms with E-state index >= 15 is 0 Å². The SMILES string of the molecule is Cc1cccc(N2C(=O)NC(=O)/C(=C\c3cccn3-c3ccc(C(=O)O)cc3)C2=O)c1C. The number of aromatic nitrogens is 1. The molecule has 160 valence electrons. The van der Waals surface area contributed by atoms with Crippen LogP contribution in [0.5, 0.6) is 0 Å². The number of carboxylic acids is 1. The van der Waals surface area contributed by atoms with E-state index in [1.54, 1.807) is 54.1 Å². The van der Waals surface area contributed by atoms with E-state index in [1.165, 1.54) is 18.2 Å². The lowest BCUT2D eigenvalue weighted by Crippen LogP contribution is -2.54. The molecule has 1 saturated heterocycles. The van der Waals surface area contributed by atoms with Gasteiger partial charge in [0.2, 0.25) is 0 Å². The van der Waals surface area contributed by atoms with Crippen LogP contribution in [0, 0.1) is 13.8 Å². The van der Waals surface area contributed by atoms with Gasteiger partial charge in [-0.25, -0.2) is 14.5 Å². The third-order valence-corrected chi connectivity index (χ3v) is 5.38. The molecule has 0 bridgehead atoms. The summed E-state index contributed by atoms with van der Waals surface area (Å²) in [6.45, 7) is 3.67. The summed E-state index contributed by atoms with van der Waals surface area (Å²) in [4.78, 5) is 50.3. The van der Waals surface area contributed by atoms with Crippen LogP contribution in [0.2, 0.25) is 0 Å². The molecule has 32 heavy (non-hydrogen) atoms. The summed E-state index contributed by atoms with van der Waals surface area (Å²) < 4.78 is 1.71. The number of benzene rings is 2. The Kier molecular flexibility index (Phi) is 5.19. The summed E-state index contributed by atoms with van der Waals surface area (Å²) in [6, 6.07) is 14.1. The van der Waals surface area contributed by atoms with Gasteiger partial charge in [0, 0.05) is 17.6 Å². The third-order valence-electron chi connectivity index (χ3n) is 5.38. The van der Waals surface area contributed by atoms with Crippen molar-refractivity contribution in [2.24, 2.45) is 0 Å². The maximum atomic E-state index is 13.2. The summed E-state index contributed by atoms with van der Waals surface area (Å²) in [7, 11) is 0. The number of carbonyl (C=O) groups excluding carboxylic acids is 3. The molecule has 0 unspecified atom stereocenters. The van der Waals surface area contributed by atoms with Crippen LogP contribution in [0.15, 0.2) is 66.4 Å². The highest BCUT2D eigenvalue weighted by molar-refractivity contribution is 6.39. The molecule has 1 aliphatic rings. The van der Waals surface area contributed by atoms with Crippen LogP contribution < -0.4 is 10.2 Å². The number of hydrogen-bond donors (Lipinski definition) is 2. The van der Waals surface area contributed by atoms with Crippen LogP contribution in [0.25, 0.3) is 11.8 Å². The van der Waals surface area contributed by atoms with Gasteiger partial charge in [-0.3, -0.25) is 14.9 Å². The van der Waals surface area contributed by atoms with E-state index in [0.29, 0.717) is 17.1 Å². The Morgan fingerprint density at radius 1 is 0.969 bits per heavy atom. The number of carboxylic acid groups (broad SMARTS) is 1. The van der Waals surface area contributed by atoms with E-state index in [0.717, 1.165) is 16.0 Å². The summed E-state index contributed by atoms with van der Waals surface area (Å²) in [5, 5.41) is 11.3. The number of urea groups is 1. The number of hydrogen-bond acceptors (Lipinski definition) is 4. The van der Waals surface area contributed by atoms with E-state index in [1.807, 2.05) is 13.0 Å². The average Bonchev–Trinajstić information content (AvgIpc) is 3.22. The Bertz CT molecular complexity index is 1300. The quantitative estimate of drug-likeness (QED) is 0.488. The summed E-state index contributed by atoms with van der Waals surface area (Å²) >= 11 is 0. The topological polar surface area (TPSA) is 109 Å². The molecule has 1 aliphatic heterocycles. The van der Waals surface area contributed by atoms with Crippen molar-refractivity contribution in [3.8, 4) is 5.69 Å². The fraction of sp³-hybridized carbons (Fsp3) is 0.0833. The van der Waals surface area contributed by atoms with Gasteiger partial charge in [0.15, 0.2) is 0 Å². The first-order valence-corrected chi connectivity index (χ1v) is 9.76. The van der Waals surface area contributed by atoms with Gasteiger partial charge < -0.3 is 9.67 Å². The Morgan fingerprint density at radius 2 is 1.69 bits per heavy atom. The second kappa shape index (κ2) is 7.99. The van der Waals surface area contributed by atoms with Crippen molar-refractivity contribution < 1.29 is 24.3 Å². The van der Waals surface area contributed by atoms with Crippen molar-refractivity contribution in [2.75, 3.05) is 4.90 Å². The molecule has 0 aliphatic carbocycles. The minimum absolute atomic E-state index is 0.144. The van der Waals surface area contributed by atoms with E-state index in [9.17, 15) is 19.2 Å². The predicted octanol–water partition coefficient (Wildman–Crippen LogP) is 3.46. The van der Waals surface area contributed by atoms with Crippen molar-refractivity contribution in [1.82, 2.24) is 9.88 Å². The summed E-state index contributed by atoms with van der Waals surface area (Å²) in [5.74, 6) is -2.54. The molecule has 8 nitrogen and oxygen atoms in total. The second-order valence-corrected chi connectivity index (χ2v) is 7.33. The van der Waals surface area contributed by atoms with E-state index in [2.05, 4.69) is 5.32 Å². The van der Waals surface area contributed by atoms with Crippen molar-refractivity contribution in [1.29, 1.82) is 0 Å². The Balaban J connectivity index is 1.74. The van der Waals surface area contributed by atoms with Crippen molar-refractivity contribution in [3.63, 3.8) is 0 Å². The van der Waals surface area contributed by atoms with Crippen LogP contribution in [0.3, 0.4) is 0 Å². The van der Waals surface area contributed by atoms with Crippen LogP contribution >= 0.6 is 0 Å². The first-order valence-electron chi connectivity index (χ1n) is 9.76. The van der Waals surface area contributed by atoms with Crippen molar-refractivity contribution in [3.05, 3.63) is 88.8 Å². The van der Waals surface area contributed by atoms with E-state index in [4.69, 9.17) is 5.11 Å². The van der Waals surface area contributed by atoms with Gasteiger partial charge >= 0.3 is 12.0 Å². The molecule has 0 saturated carbocycles. The molecule has 2 heterocycles. The number of aryl methyl sites for hydroxylation is 1. The molecule has 8 heteroatoms. The lowest BCUT2D eigenvalue weighted by molar-refractivity contribution is -0.122. The number of barbiturate groups is 1. The first kappa shape index (κ1) is 20.8. The lowest BCUT2D eigenvalue weighted by Gasteiger charge is -2.28. The van der Waals surface area contributed by atoms with Crippen LogP contribution in [0.1, 0.15) is 27.2 Å². The molecule has 1 aromatic heterocycles. The normalized spacial score (nSPS) is 15.2. The van der Waals surface area contributed by atoms with Crippen molar-refractivity contribution in [2.45, 2.75) is 13.8 Å². The molecular formula is C24H19N3O5. The zero-order chi connectivity index (χ0) is 23.0. The van der Waals surface area contributed by atoms with Gasteiger partial charge in [-0.15, -0.1) is 0 Å². The standard InChI is InChI=1S/C24H19N3O5/c1-14-5-3-7-20(15(14)2)27-22(29)19(21(28)25-24(27)32)13-18-6-4-12-26(18)17-10-8-16(9-11-17)23(30)31/h3-13H,1-2H3,(H,30,31)(H,25,28,32)/b19-13+. The number of aromatic carboxylic acids is 1. The number of anilines is 1. The Morgan fingerprint density at radius 3 is 2.38 bits per heavy atom. The van der Waals surface area contributed by atoms with E-state index < -0.39 is 23.8 Å². The van der Waals surface area contributed by atoms with Crippen molar-refractivity contribution >= 4 is 35.6 Å². The minimum atomic E-state index is -1.04. The van der Waals surface area contributed by atoms with Gasteiger partial charge in [0.25, 0.3) is 11.8 Å². The molecule has 4 rings (SSSR count). The average molecular weight is 429 g/mol. The third kappa shape index (κ3) is 3.58. The maximum Gasteiger partial charge on any atom is 0.335 e.